The maximum absolute atomic E-state index is 11.4. The van der Waals surface area contributed by atoms with Crippen LogP contribution >= 0.6 is 0 Å². The third-order valence-corrected chi connectivity index (χ3v) is 2.79. The van der Waals surface area contributed by atoms with Crippen LogP contribution in [0.4, 0.5) is 0 Å². The Hall–Kier alpha value is -0.830. The highest BCUT2D eigenvalue weighted by molar-refractivity contribution is 5.78. The second kappa shape index (κ2) is 3.50. The summed E-state index contributed by atoms with van der Waals surface area (Å²) in [6, 6.07) is 0. The third kappa shape index (κ3) is 1.75. The highest BCUT2D eigenvalue weighted by Crippen LogP contribution is 2.59. The van der Waals surface area contributed by atoms with Gasteiger partial charge in [0.2, 0.25) is 0 Å². The first-order valence-electron chi connectivity index (χ1n) is 4.55. The SMILES string of the molecule is CC=CC1C(C(=O)OCN)C1(C)C. The van der Waals surface area contributed by atoms with Crippen molar-refractivity contribution in [1.82, 2.24) is 0 Å². The number of hydrogen-bond donors (Lipinski definition) is 1. The molecule has 1 fully saturated rings. The zero-order valence-corrected chi connectivity index (χ0v) is 8.41. The van der Waals surface area contributed by atoms with Gasteiger partial charge in [-0.15, -0.1) is 0 Å². The molecule has 0 aromatic rings. The molecule has 74 valence electrons. The average molecular weight is 183 g/mol. The van der Waals surface area contributed by atoms with Crippen molar-refractivity contribution in [2.75, 3.05) is 6.73 Å². The fraction of sp³-hybridized carbons (Fsp3) is 0.700. The summed E-state index contributed by atoms with van der Waals surface area (Å²) in [4.78, 5) is 11.4. The molecule has 0 spiro atoms. The average Bonchev–Trinajstić information content (AvgIpc) is 2.55. The summed E-state index contributed by atoms with van der Waals surface area (Å²) in [5, 5.41) is 0. The number of allylic oxidation sites excluding steroid dienone is 2. The van der Waals surface area contributed by atoms with E-state index in [0.29, 0.717) is 5.92 Å². The number of esters is 1. The quantitative estimate of drug-likeness (QED) is 0.407. The van der Waals surface area contributed by atoms with Gasteiger partial charge in [-0.3, -0.25) is 10.5 Å². The van der Waals surface area contributed by atoms with Crippen molar-refractivity contribution >= 4 is 5.97 Å². The topological polar surface area (TPSA) is 52.3 Å². The number of nitrogens with two attached hydrogens (primary N) is 1. The predicted octanol–water partition coefficient (Wildman–Crippen LogP) is 1.29. The summed E-state index contributed by atoms with van der Waals surface area (Å²) in [7, 11) is 0. The molecule has 0 aliphatic heterocycles. The molecule has 2 N–H and O–H groups in total. The Balaban J connectivity index is 2.59. The fourth-order valence-electron chi connectivity index (χ4n) is 1.87. The highest BCUT2D eigenvalue weighted by Gasteiger charge is 2.61. The Labute approximate surface area is 78.9 Å². The maximum atomic E-state index is 11.4. The van der Waals surface area contributed by atoms with Crippen molar-refractivity contribution < 1.29 is 9.53 Å². The Morgan fingerprint density at radius 1 is 1.62 bits per heavy atom. The molecular weight excluding hydrogens is 166 g/mol. The van der Waals surface area contributed by atoms with E-state index in [0.717, 1.165) is 0 Å². The van der Waals surface area contributed by atoms with E-state index < -0.39 is 0 Å². The lowest BCUT2D eigenvalue weighted by atomic mass is 10.1. The Morgan fingerprint density at radius 3 is 2.69 bits per heavy atom. The van der Waals surface area contributed by atoms with Gasteiger partial charge in [-0.05, 0) is 18.3 Å². The molecule has 3 nitrogen and oxygen atoms in total. The van der Waals surface area contributed by atoms with Crippen molar-refractivity contribution in [3.63, 3.8) is 0 Å². The summed E-state index contributed by atoms with van der Waals surface area (Å²) in [5.41, 5.74) is 5.18. The molecule has 1 rings (SSSR count). The lowest BCUT2D eigenvalue weighted by Crippen LogP contribution is -2.15. The van der Waals surface area contributed by atoms with Crippen LogP contribution in [0.25, 0.3) is 0 Å². The summed E-state index contributed by atoms with van der Waals surface area (Å²) in [5.74, 6) is 0.138. The molecule has 3 heteroatoms. The van der Waals surface area contributed by atoms with Gasteiger partial charge >= 0.3 is 5.97 Å². The van der Waals surface area contributed by atoms with Crippen LogP contribution < -0.4 is 5.73 Å². The summed E-state index contributed by atoms with van der Waals surface area (Å²) >= 11 is 0. The van der Waals surface area contributed by atoms with E-state index in [1.807, 2.05) is 13.0 Å². The van der Waals surface area contributed by atoms with Crippen LogP contribution in [0, 0.1) is 17.3 Å². The lowest BCUT2D eigenvalue weighted by Gasteiger charge is -2.01. The molecule has 2 unspecified atom stereocenters. The van der Waals surface area contributed by atoms with Gasteiger partial charge in [-0.25, -0.2) is 0 Å². The maximum Gasteiger partial charge on any atom is 0.311 e. The number of hydrogen-bond acceptors (Lipinski definition) is 3. The molecular formula is C10H17NO2. The molecule has 13 heavy (non-hydrogen) atoms. The molecule has 1 aliphatic carbocycles. The van der Waals surface area contributed by atoms with E-state index in [4.69, 9.17) is 10.5 Å². The van der Waals surface area contributed by atoms with Crippen LogP contribution in [0.15, 0.2) is 12.2 Å². The van der Waals surface area contributed by atoms with Gasteiger partial charge in [0.15, 0.2) is 0 Å². The smallest absolute Gasteiger partial charge is 0.311 e. The van der Waals surface area contributed by atoms with Gasteiger partial charge in [-0.1, -0.05) is 26.0 Å². The third-order valence-electron chi connectivity index (χ3n) is 2.79. The molecule has 1 aliphatic rings. The van der Waals surface area contributed by atoms with Crippen LogP contribution in [0.1, 0.15) is 20.8 Å². The van der Waals surface area contributed by atoms with Crippen molar-refractivity contribution in [2.45, 2.75) is 20.8 Å². The molecule has 0 heterocycles. The van der Waals surface area contributed by atoms with Crippen molar-refractivity contribution in [2.24, 2.45) is 23.0 Å². The van der Waals surface area contributed by atoms with Crippen LogP contribution in [0.5, 0.6) is 0 Å². The second-order valence-electron chi connectivity index (χ2n) is 3.98. The minimum atomic E-state index is -0.171. The van der Waals surface area contributed by atoms with E-state index in [2.05, 4.69) is 19.9 Å². The van der Waals surface area contributed by atoms with Crippen LogP contribution in [0.2, 0.25) is 0 Å². The number of rotatable bonds is 3. The van der Waals surface area contributed by atoms with E-state index in [9.17, 15) is 4.79 Å². The van der Waals surface area contributed by atoms with Crippen molar-refractivity contribution in [3.8, 4) is 0 Å². The van der Waals surface area contributed by atoms with E-state index in [1.165, 1.54) is 0 Å². The van der Waals surface area contributed by atoms with Gasteiger partial charge in [0.05, 0.1) is 5.92 Å². The van der Waals surface area contributed by atoms with E-state index in [-0.39, 0.29) is 24.0 Å². The Morgan fingerprint density at radius 2 is 2.23 bits per heavy atom. The molecule has 0 aromatic heterocycles. The lowest BCUT2D eigenvalue weighted by molar-refractivity contribution is -0.145. The standard InChI is InChI=1S/C10H17NO2/c1-4-5-7-8(10(7,2)3)9(12)13-6-11/h4-5,7-8H,6,11H2,1-3H3. The van der Waals surface area contributed by atoms with Gasteiger partial charge < -0.3 is 4.74 Å². The van der Waals surface area contributed by atoms with Gasteiger partial charge in [-0.2, -0.15) is 0 Å². The minimum Gasteiger partial charge on any atom is -0.450 e. The summed E-state index contributed by atoms with van der Waals surface area (Å²) in [6.07, 6.45) is 4.03. The van der Waals surface area contributed by atoms with Gasteiger partial charge in [0.1, 0.15) is 6.73 Å². The second-order valence-corrected chi connectivity index (χ2v) is 3.98. The molecule has 0 bridgehead atoms. The normalized spacial score (nSPS) is 30.5. The van der Waals surface area contributed by atoms with Crippen molar-refractivity contribution in [3.05, 3.63) is 12.2 Å². The fourth-order valence-corrected chi connectivity index (χ4v) is 1.87. The molecule has 1 saturated carbocycles. The molecule has 0 radical (unpaired) electrons. The number of carbonyl (C=O) groups excluding carboxylic acids is 1. The Bertz CT molecular complexity index is 233. The largest absolute Gasteiger partial charge is 0.450 e. The van der Waals surface area contributed by atoms with E-state index >= 15 is 0 Å². The molecule has 0 aromatic carbocycles. The summed E-state index contributed by atoms with van der Waals surface area (Å²) in [6.45, 7) is 6.08. The first-order valence-corrected chi connectivity index (χ1v) is 4.55. The monoisotopic (exact) mass is 183 g/mol. The Kier molecular flexibility index (Phi) is 2.76. The molecule has 2 atom stereocenters. The molecule has 0 amide bonds. The predicted molar refractivity (Wildman–Crippen MR) is 50.7 cm³/mol. The first kappa shape index (κ1) is 10.3. The minimum absolute atomic E-state index is 0.00718. The van der Waals surface area contributed by atoms with Crippen LogP contribution in [-0.2, 0) is 9.53 Å². The van der Waals surface area contributed by atoms with Crippen LogP contribution in [-0.4, -0.2) is 12.7 Å². The first-order chi connectivity index (χ1) is 6.05. The molecule has 0 saturated heterocycles. The van der Waals surface area contributed by atoms with E-state index in [1.54, 1.807) is 0 Å². The zero-order valence-electron chi connectivity index (χ0n) is 8.41. The van der Waals surface area contributed by atoms with Gasteiger partial charge in [0, 0.05) is 0 Å². The van der Waals surface area contributed by atoms with Crippen LogP contribution in [0.3, 0.4) is 0 Å². The van der Waals surface area contributed by atoms with Gasteiger partial charge in [0.25, 0.3) is 0 Å². The summed E-state index contributed by atoms with van der Waals surface area (Å²) < 4.78 is 4.78. The van der Waals surface area contributed by atoms with Crippen molar-refractivity contribution in [1.29, 1.82) is 0 Å². The number of ether oxygens (including phenoxy) is 1. The zero-order chi connectivity index (χ0) is 10.1. The number of carbonyl (C=O) groups is 1. The highest BCUT2D eigenvalue weighted by atomic mass is 16.5.